The fourth-order valence-electron chi connectivity index (χ4n) is 1.34. The van der Waals surface area contributed by atoms with Crippen molar-refractivity contribution in [1.82, 2.24) is 4.98 Å². The van der Waals surface area contributed by atoms with Gasteiger partial charge in [0.2, 0.25) is 0 Å². The minimum atomic E-state index is 0.805. The minimum Gasteiger partial charge on any atom is -0.405 e. The van der Waals surface area contributed by atoms with Gasteiger partial charge in [0.1, 0.15) is 0 Å². The Morgan fingerprint density at radius 1 is 1.43 bits per heavy atom. The lowest BCUT2D eigenvalue weighted by Gasteiger charge is -2.03. The molecular weight excluding hydrogens is 174 g/mol. The molecule has 0 amide bonds. The third-order valence-corrected chi connectivity index (χ3v) is 1.86. The van der Waals surface area contributed by atoms with Gasteiger partial charge in [0.25, 0.3) is 0 Å². The van der Waals surface area contributed by atoms with Crippen molar-refractivity contribution in [3.8, 4) is 0 Å². The summed E-state index contributed by atoms with van der Waals surface area (Å²) in [6, 6.07) is 4.03. The number of hydrogen-bond donors (Lipinski definition) is 1. The Morgan fingerprint density at radius 3 is 2.64 bits per heavy atom. The second-order valence-corrected chi connectivity index (χ2v) is 3.14. The van der Waals surface area contributed by atoms with E-state index in [-0.39, 0.29) is 0 Å². The van der Waals surface area contributed by atoms with E-state index < -0.39 is 0 Å². The lowest BCUT2D eigenvalue weighted by atomic mass is 10.1. The average Bonchev–Trinajstić information content (AvgIpc) is 2.12. The highest BCUT2D eigenvalue weighted by Gasteiger charge is 2.01. The molecule has 0 aliphatic rings. The van der Waals surface area contributed by atoms with Crippen molar-refractivity contribution in [3.05, 3.63) is 41.4 Å². The lowest BCUT2D eigenvalue weighted by molar-refractivity contribution is 1.15. The van der Waals surface area contributed by atoms with Gasteiger partial charge in [-0.3, -0.25) is 9.98 Å². The molecule has 2 N–H and O–H groups in total. The molecule has 1 aromatic heterocycles. The van der Waals surface area contributed by atoms with Crippen molar-refractivity contribution >= 4 is 5.71 Å². The molecule has 0 aromatic carbocycles. The fourth-order valence-corrected chi connectivity index (χ4v) is 1.34. The Morgan fingerprint density at radius 2 is 2.14 bits per heavy atom. The number of nitrogens with two attached hydrogens (primary N) is 1. The van der Waals surface area contributed by atoms with Crippen molar-refractivity contribution < 1.29 is 0 Å². The molecule has 0 radical (unpaired) electrons. The number of aromatic nitrogens is 1. The van der Waals surface area contributed by atoms with Crippen molar-refractivity contribution in [2.24, 2.45) is 10.7 Å². The molecule has 1 aromatic rings. The first kappa shape index (κ1) is 10.4. The second kappa shape index (κ2) is 4.56. The van der Waals surface area contributed by atoms with E-state index in [0.29, 0.717) is 0 Å². The topological polar surface area (TPSA) is 51.3 Å². The number of nitrogens with zero attached hydrogens (tertiary/aromatic N) is 2. The SMILES string of the molecule is CN=C(/C=C\N)c1cc(C)cc(C)n1. The van der Waals surface area contributed by atoms with Crippen molar-refractivity contribution in [3.63, 3.8) is 0 Å². The summed E-state index contributed by atoms with van der Waals surface area (Å²) in [5.41, 5.74) is 9.17. The smallest absolute Gasteiger partial charge is 0.0887 e. The van der Waals surface area contributed by atoms with Crippen LogP contribution in [0.3, 0.4) is 0 Å². The van der Waals surface area contributed by atoms with E-state index >= 15 is 0 Å². The number of rotatable bonds is 2. The quantitative estimate of drug-likeness (QED) is 0.718. The van der Waals surface area contributed by atoms with Gasteiger partial charge in [0.05, 0.1) is 11.4 Å². The van der Waals surface area contributed by atoms with Gasteiger partial charge in [0.15, 0.2) is 0 Å². The third-order valence-electron chi connectivity index (χ3n) is 1.86. The highest BCUT2D eigenvalue weighted by Crippen LogP contribution is 2.06. The molecule has 14 heavy (non-hydrogen) atoms. The number of allylic oxidation sites excluding steroid dienone is 1. The maximum Gasteiger partial charge on any atom is 0.0887 e. The fraction of sp³-hybridized carbons (Fsp3) is 0.273. The highest BCUT2D eigenvalue weighted by molar-refractivity contribution is 6.07. The summed E-state index contributed by atoms with van der Waals surface area (Å²) in [6.45, 7) is 4.01. The molecule has 1 heterocycles. The van der Waals surface area contributed by atoms with Gasteiger partial charge in [0, 0.05) is 12.7 Å². The first-order chi connectivity index (χ1) is 6.67. The van der Waals surface area contributed by atoms with E-state index in [1.54, 1.807) is 13.1 Å². The van der Waals surface area contributed by atoms with Gasteiger partial charge >= 0.3 is 0 Å². The largest absolute Gasteiger partial charge is 0.405 e. The van der Waals surface area contributed by atoms with Crippen LogP contribution in [0.4, 0.5) is 0 Å². The summed E-state index contributed by atoms with van der Waals surface area (Å²) in [6.07, 6.45) is 3.23. The molecule has 0 saturated carbocycles. The Labute approximate surface area is 84.4 Å². The van der Waals surface area contributed by atoms with Crippen LogP contribution in [0.25, 0.3) is 0 Å². The predicted octanol–water partition coefficient (Wildman–Crippen LogP) is 1.59. The van der Waals surface area contributed by atoms with Crippen LogP contribution >= 0.6 is 0 Å². The zero-order chi connectivity index (χ0) is 10.6. The summed E-state index contributed by atoms with van der Waals surface area (Å²) in [5.74, 6) is 0. The van der Waals surface area contributed by atoms with Crippen LogP contribution in [0.2, 0.25) is 0 Å². The Kier molecular flexibility index (Phi) is 3.40. The first-order valence-electron chi connectivity index (χ1n) is 4.48. The van der Waals surface area contributed by atoms with Crippen LogP contribution in [0.15, 0.2) is 29.4 Å². The monoisotopic (exact) mass is 189 g/mol. The summed E-state index contributed by atoms with van der Waals surface area (Å²) in [5, 5.41) is 0. The summed E-state index contributed by atoms with van der Waals surface area (Å²) in [7, 11) is 1.73. The maximum absolute atomic E-state index is 5.33. The van der Waals surface area contributed by atoms with Gasteiger partial charge in [-0.25, -0.2) is 0 Å². The molecule has 0 bridgehead atoms. The van der Waals surface area contributed by atoms with E-state index in [2.05, 4.69) is 9.98 Å². The zero-order valence-electron chi connectivity index (χ0n) is 8.78. The zero-order valence-corrected chi connectivity index (χ0v) is 8.78. The van der Waals surface area contributed by atoms with E-state index in [0.717, 1.165) is 17.1 Å². The molecule has 0 fully saturated rings. The molecule has 0 spiro atoms. The highest BCUT2D eigenvalue weighted by atomic mass is 14.8. The molecule has 0 unspecified atom stereocenters. The van der Waals surface area contributed by atoms with Gasteiger partial charge in [-0.05, 0) is 43.8 Å². The number of pyridine rings is 1. The average molecular weight is 189 g/mol. The molecule has 74 valence electrons. The Balaban J connectivity index is 3.17. The van der Waals surface area contributed by atoms with E-state index in [1.807, 2.05) is 26.0 Å². The summed E-state index contributed by atoms with van der Waals surface area (Å²) in [4.78, 5) is 8.50. The van der Waals surface area contributed by atoms with E-state index in [4.69, 9.17) is 5.73 Å². The standard InChI is InChI=1S/C11H15N3/c1-8-6-9(2)14-11(7-8)10(13-3)4-5-12/h4-7H,12H2,1-3H3/b5-4-,13-10?. The predicted molar refractivity (Wildman–Crippen MR) is 59.5 cm³/mol. The van der Waals surface area contributed by atoms with Crippen molar-refractivity contribution in [2.75, 3.05) is 7.05 Å². The molecule has 3 nitrogen and oxygen atoms in total. The van der Waals surface area contributed by atoms with Crippen LogP contribution in [-0.4, -0.2) is 17.7 Å². The molecule has 0 aliphatic heterocycles. The van der Waals surface area contributed by atoms with Crippen LogP contribution in [0, 0.1) is 13.8 Å². The van der Waals surface area contributed by atoms with Gasteiger partial charge in [-0.15, -0.1) is 0 Å². The maximum atomic E-state index is 5.33. The van der Waals surface area contributed by atoms with Crippen LogP contribution < -0.4 is 5.73 Å². The van der Waals surface area contributed by atoms with Crippen LogP contribution in [0.1, 0.15) is 17.0 Å². The first-order valence-corrected chi connectivity index (χ1v) is 4.48. The molecule has 0 aliphatic carbocycles. The number of hydrogen-bond acceptors (Lipinski definition) is 3. The lowest BCUT2D eigenvalue weighted by Crippen LogP contribution is -2.03. The number of aliphatic imine (C=N–C) groups is 1. The van der Waals surface area contributed by atoms with Gasteiger partial charge in [-0.1, -0.05) is 0 Å². The molecule has 0 atom stereocenters. The Bertz CT molecular complexity index is 358. The summed E-state index contributed by atoms with van der Waals surface area (Å²) < 4.78 is 0. The van der Waals surface area contributed by atoms with Crippen molar-refractivity contribution in [2.45, 2.75) is 13.8 Å². The third kappa shape index (κ3) is 2.42. The summed E-state index contributed by atoms with van der Waals surface area (Å²) >= 11 is 0. The second-order valence-electron chi connectivity index (χ2n) is 3.14. The van der Waals surface area contributed by atoms with Crippen molar-refractivity contribution in [1.29, 1.82) is 0 Å². The molecule has 3 heteroatoms. The molecule has 1 rings (SSSR count). The molecular formula is C11H15N3. The minimum absolute atomic E-state index is 0.805. The van der Waals surface area contributed by atoms with Gasteiger partial charge in [-0.2, -0.15) is 0 Å². The Hall–Kier alpha value is -1.64. The normalized spacial score (nSPS) is 12.4. The molecule has 0 saturated heterocycles. The number of aryl methyl sites for hydroxylation is 2. The van der Waals surface area contributed by atoms with E-state index in [9.17, 15) is 0 Å². The van der Waals surface area contributed by atoms with Gasteiger partial charge < -0.3 is 5.73 Å². The van der Waals surface area contributed by atoms with E-state index in [1.165, 1.54) is 11.8 Å². The van der Waals surface area contributed by atoms with Crippen LogP contribution in [-0.2, 0) is 0 Å². The van der Waals surface area contributed by atoms with Crippen LogP contribution in [0.5, 0.6) is 0 Å².